The average Bonchev–Trinajstić information content (AvgIpc) is 2.87. The van der Waals surface area contributed by atoms with Crippen LogP contribution in [-0.4, -0.2) is 39.3 Å². The van der Waals surface area contributed by atoms with Gasteiger partial charge in [-0.2, -0.15) is 0 Å². The van der Waals surface area contributed by atoms with Crippen molar-refractivity contribution in [3.05, 3.63) is 36.4 Å². The highest BCUT2D eigenvalue weighted by molar-refractivity contribution is 6.02. The maximum Gasteiger partial charge on any atom is 0.323 e. The van der Waals surface area contributed by atoms with E-state index in [9.17, 15) is 9.59 Å². The molecule has 3 rings (SSSR count). The Morgan fingerprint density at radius 2 is 1.88 bits per heavy atom. The number of anilines is 3. The van der Waals surface area contributed by atoms with Gasteiger partial charge in [0.25, 0.3) is 0 Å². The number of amides is 3. The SMILES string of the molecule is COc1ccc(NC(=O)Nc2ccc3c(c2)OCC(C)(C)C(=O)N3CCC(C)C)c(OC)c1. The van der Waals surface area contributed by atoms with E-state index < -0.39 is 11.4 Å². The first-order chi connectivity index (χ1) is 15.6. The molecule has 0 radical (unpaired) electrons. The van der Waals surface area contributed by atoms with Gasteiger partial charge in [-0.3, -0.25) is 4.79 Å². The molecule has 0 unspecified atom stereocenters. The van der Waals surface area contributed by atoms with Crippen LogP contribution in [-0.2, 0) is 4.79 Å². The van der Waals surface area contributed by atoms with Gasteiger partial charge in [0.1, 0.15) is 23.9 Å². The molecule has 0 atom stereocenters. The van der Waals surface area contributed by atoms with Gasteiger partial charge in [0.05, 0.1) is 31.0 Å². The Morgan fingerprint density at radius 3 is 2.55 bits per heavy atom. The quantitative estimate of drug-likeness (QED) is 0.603. The van der Waals surface area contributed by atoms with Crippen LogP contribution >= 0.6 is 0 Å². The number of nitrogens with zero attached hydrogens (tertiary/aromatic N) is 1. The van der Waals surface area contributed by atoms with Crippen molar-refractivity contribution < 1.29 is 23.8 Å². The van der Waals surface area contributed by atoms with Crippen molar-refractivity contribution in [2.24, 2.45) is 11.3 Å². The highest BCUT2D eigenvalue weighted by Crippen LogP contribution is 2.38. The lowest BCUT2D eigenvalue weighted by Gasteiger charge is -2.28. The fourth-order valence-electron chi connectivity index (χ4n) is 3.52. The standard InChI is InChI=1S/C25H33N3O5/c1-16(2)11-12-28-20-10-7-17(13-22(20)33-15-25(3,4)23(28)29)26-24(30)27-19-9-8-18(31-5)14-21(19)32-6/h7-10,13-14,16H,11-12,15H2,1-6H3,(H2,26,27,30). The smallest absolute Gasteiger partial charge is 0.323 e. The van der Waals surface area contributed by atoms with Gasteiger partial charge in [-0.25, -0.2) is 4.79 Å². The van der Waals surface area contributed by atoms with E-state index in [2.05, 4.69) is 24.5 Å². The molecule has 1 heterocycles. The average molecular weight is 456 g/mol. The van der Waals surface area contributed by atoms with Crippen LogP contribution in [0.5, 0.6) is 17.2 Å². The molecule has 8 heteroatoms. The zero-order chi connectivity index (χ0) is 24.2. The highest BCUT2D eigenvalue weighted by Gasteiger charge is 2.37. The van der Waals surface area contributed by atoms with E-state index in [1.165, 1.54) is 7.11 Å². The first-order valence-corrected chi connectivity index (χ1v) is 11.0. The molecule has 33 heavy (non-hydrogen) atoms. The van der Waals surface area contributed by atoms with E-state index in [1.807, 2.05) is 19.9 Å². The molecule has 0 aromatic heterocycles. The minimum atomic E-state index is -0.647. The molecule has 1 aliphatic rings. The van der Waals surface area contributed by atoms with E-state index in [4.69, 9.17) is 14.2 Å². The summed E-state index contributed by atoms with van der Waals surface area (Å²) in [6, 6.07) is 10.0. The second kappa shape index (κ2) is 10.0. The first kappa shape index (κ1) is 24.2. The van der Waals surface area contributed by atoms with Gasteiger partial charge in [0.15, 0.2) is 0 Å². The number of nitrogens with one attached hydrogen (secondary N) is 2. The van der Waals surface area contributed by atoms with Crippen LogP contribution in [0.25, 0.3) is 0 Å². The second-order valence-corrected chi connectivity index (χ2v) is 9.14. The topological polar surface area (TPSA) is 89.1 Å². The molecule has 1 aliphatic heterocycles. The minimum Gasteiger partial charge on any atom is -0.497 e. The first-order valence-electron chi connectivity index (χ1n) is 11.0. The minimum absolute atomic E-state index is 0.0342. The van der Waals surface area contributed by atoms with Crippen LogP contribution in [0.4, 0.5) is 21.9 Å². The predicted molar refractivity (Wildman–Crippen MR) is 130 cm³/mol. The van der Waals surface area contributed by atoms with Crippen molar-refractivity contribution in [3.8, 4) is 17.2 Å². The largest absolute Gasteiger partial charge is 0.497 e. The van der Waals surface area contributed by atoms with Crippen LogP contribution in [0, 0.1) is 11.3 Å². The Labute approximate surface area is 195 Å². The molecule has 2 N–H and O–H groups in total. The van der Waals surface area contributed by atoms with E-state index in [-0.39, 0.29) is 12.5 Å². The molecule has 2 aromatic carbocycles. The van der Waals surface area contributed by atoms with Gasteiger partial charge in [0, 0.05) is 24.4 Å². The number of rotatable bonds is 7. The van der Waals surface area contributed by atoms with Gasteiger partial charge >= 0.3 is 6.03 Å². The Kier molecular flexibility index (Phi) is 7.36. The summed E-state index contributed by atoms with van der Waals surface area (Å²) in [4.78, 5) is 27.6. The van der Waals surface area contributed by atoms with Crippen molar-refractivity contribution in [3.63, 3.8) is 0 Å². The molecule has 2 aromatic rings. The molecule has 0 spiro atoms. The monoisotopic (exact) mass is 455 g/mol. The van der Waals surface area contributed by atoms with Crippen LogP contribution in [0.2, 0.25) is 0 Å². The summed E-state index contributed by atoms with van der Waals surface area (Å²) in [7, 11) is 3.09. The molecule has 0 aliphatic carbocycles. The molecule has 0 saturated carbocycles. The van der Waals surface area contributed by atoms with Crippen molar-refractivity contribution in [2.75, 3.05) is 42.9 Å². The van der Waals surface area contributed by atoms with Gasteiger partial charge in [-0.05, 0) is 50.5 Å². The zero-order valence-corrected chi connectivity index (χ0v) is 20.2. The molecule has 3 amide bonds. The molecule has 178 valence electrons. The van der Waals surface area contributed by atoms with E-state index in [0.29, 0.717) is 46.8 Å². The maximum absolute atomic E-state index is 13.2. The Balaban J connectivity index is 1.80. The predicted octanol–water partition coefficient (Wildman–Crippen LogP) is 5.15. The van der Waals surface area contributed by atoms with Crippen LogP contribution in [0.15, 0.2) is 36.4 Å². The summed E-state index contributed by atoms with van der Waals surface area (Å²) in [6.07, 6.45) is 0.882. The van der Waals surface area contributed by atoms with E-state index in [0.717, 1.165) is 6.42 Å². The second-order valence-electron chi connectivity index (χ2n) is 9.14. The molecule has 8 nitrogen and oxygen atoms in total. The van der Waals surface area contributed by atoms with Crippen molar-refractivity contribution in [1.82, 2.24) is 0 Å². The summed E-state index contributed by atoms with van der Waals surface area (Å²) < 4.78 is 16.5. The van der Waals surface area contributed by atoms with E-state index in [1.54, 1.807) is 42.3 Å². The fourth-order valence-corrected chi connectivity index (χ4v) is 3.52. The Bertz CT molecular complexity index is 1020. The van der Waals surface area contributed by atoms with Gasteiger partial charge < -0.3 is 29.7 Å². The molecular weight excluding hydrogens is 422 g/mol. The summed E-state index contributed by atoms with van der Waals surface area (Å²) in [5, 5.41) is 5.60. The van der Waals surface area contributed by atoms with E-state index >= 15 is 0 Å². The summed E-state index contributed by atoms with van der Waals surface area (Å²) in [5.74, 6) is 2.18. The van der Waals surface area contributed by atoms with Crippen LogP contribution < -0.4 is 29.7 Å². The lowest BCUT2D eigenvalue weighted by atomic mass is 9.92. The van der Waals surface area contributed by atoms with Gasteiger partial charge in [0.2, 0.25) is 5.91 Å². The third kappa shape index (κ3) is 5.69. The third-order valence-corrected chi connectivity index (χ3v) is 5.51. The molecule has 0 saturated heterocycles. The Morgan fingerprint density at radius 1 is 1.12 bits per heavy atom. The number of carbonyl (C=O) groups is 2. The van der Waals surface area contributed by atoms with Crippen LogP contribution in [0.3, 0.4) is 0 Å². The van der Waals surface area contributed by atoms with Crippen molar-refractivity contribution >= 4 is 29.0 Å². The number of methoxy groups -OCH3 is 2. The normalized spacial score (nSPS) is 14.8. The number of fused-ring (bicyclic) bond motifs is 1. The van der Waals surface area contributed by atoms with Crippen molar-refractivity contribution in [1.29, 1.82) is 0 Å². The van der Waals surface area contributed by atoms with Crippen molar-refractivity contribution in [2.45, 2.75) is 34.1 Å². The van der Waals surface area contributed by atoms with Gasteiger partial charge in [-0.15, -0.1) is 0 Å². The summed E-state index contributed by atoms with van der Waals surface area (Å²) >= 11 is 0. The summed E-state index contributed by atoms with van der Waals surface area (Å²) in [5.41, 5.74) is 1.13. The summed E-state index contributed by atoms with van der Waals surface area (Å²) in [6.45, 7) is 8.91. The number of hydrogen-bond acceptors (Lipinski definition) is 5. The number of urea groups is 1. The number of carbonyl (C=O) groups excluding carboxylic acids is 2. The molecule has 0 fully saturated rings. The Hall–Kier alpha value is -3.42. The lowest BCUT2D eigenvalue weighted by molar-refractivity contribution is -0.127. The molecular formula is C25H33N3O5. The highest BCUT2D eigenvalue weighted by atomic mass is 16.5. The van der Waals surface area contributed by atoms with Crippen LogP contribution in [0.1, 0.15) is 34.1 Å². The fraction of sp³-hybridized carbons (Fsp3) is 0.440. The number of ether oxygens (including phenoxy) is 3. The van der Waals surface area contributed by atoms with Gasteiger partial charge in [-0.1, -0.05) is 13.8 Å². The number of benzene rings is 2. The maximum atomic E-state index is 13.2. The lowest BCUT2D eigenvalue weighted by Crippen LogP contribution is -2.42. The molecule has 0 bridgehead atoms. The number of hydrogen-bond donors (Lipinski definition) is 2. The third-order valence-electron chi connectivity index (χ3n) is 5.51. The zero-order valence-electron chi connectivity index (χ0n) is 20.2.